The van der Waals surface area contributed by atoms with Gasteiger partial charge in [-0.15, -0.1) is 0 Å². The maximum absolute atomic E-state index is 9.87. The van der Waals surface area contributed by atoms with Crippen LogP contribution in [0.3, 0.4) is 0 Å². The van der Waals surface area contributed by atoms with E-state index in [1.165, 1.54) is 0 Å². The number of aliphatic hydroxyl groups is 1. The van der Waals surface area contributed by atoms with Crippen LogP contribution in [-0.4, -0.2) is 44.3 Å². The molecule has 0 saturated carbocycles. The van der Waals surface area contributed by atoms with Gasteiger partial charge in [0.05, 0.1) is 6.33 Å². The summed E-state index contributed by atoms with van der Waals surface area (Å²) in [5.74, 6) is 2.19. The third kappa shape index (κ3) is 3.64. The normalized spacial score (nSPS) is 19.4. The molecular formula is C20H23N5O2. The Morgan fingerprint density at radius 1 is 1.19 bits per heavy atom. The Morgan fingerprint density at radius 3 is 2.70 bits per heavy atom. The van der Waals surface area contributed by atoms with Gasteiger partial charge in [-0.25, -0.2) is 9.97 Å². The van der Waals surface area contributed by atoms with Crippen LogP contribution >= 0.6 is 0 Å². The molecule has 0 spiro atoms. The lowest BCUT2D eigenvalue weighted by atomic mass is 9.94. The zero-order valence-corrected chi connectivity index (χ0v) is 15.5. The summed E-state index contributed by atoms with van der Waals surface area (Å²) >= 11 is 0. The molecule has 1 aromatic carbocycles. The molecule has 0 radical (unpaired) electrons. The number of ether oxygens (including phenoxy) is 1. The first-order valence-electron chi connectivity index (χ1n) is 9.04. The van der Waals surface area contributed by atoms with Gasteiger partial charge in [-0.05, 0) is 19.1 Å². The third-order valence-electron chi connectivity index (χ3n) is 4.98. The summed E-state index contributed by atoms with van der Waals surface area (Å²) in [6.45, 7) is 3.48. The van der Waals surface area contributed by atoms with E-state index in [9.17, 15) is 5.11 Å². The topological polar surface area (TPSA) is 76.3 Å². The molecule has 1 N–H and O–H groups in total. The number of nitrogens with zero attached hydrogens (tertiary/aromatic N) is 5. The van der Waals surface area contributed by atoms with Gasteiger partial charge in [-0.1, -0.05) is 18.2 Å². The van der Waals surface area contributed by atoms with Crippen molar-refractivity contribution in [1.82, 2.24) is 19.5 Å². The van der Waals surface area contributed by atoms with Crippen molar-refractivity contribution in [2.24, 2.45) is 13.0 Å². The Bertz CT molecular complexity index is 912. The molecule has 0 bridgehead atoms. The predicted octanol–water partition coefficient (Wildman–Crippen LogP) is 2.52. The lowest BCUT2D eigenvalue weighted by Crippen LogP contribution is -2.23. The van der Waals surface area contributed by atoms with Crippen LogP contribution in [0.25, 0.3) is 0 Å². The van der Waals surface area contributed by atoms with Crippen molar-refractivity contribution in [1.29, 1.82) is 0 Å². The number of hydrogen-bond acceptors (Lipinski definition) is 6. The predicted molar refractivity (Wildman–Crippen MR) is 102 cm³/mol. The van der Waals surface area contributed by atoms with E-state index in [0.717, 1.165) is 23.7 Å². The molecule has 27 heavy (non-hydrogen) atoms. The zero-order chi connectivity index (χ0) is 18.8. The van der Waals surface area contributed by atoms with Crippen LogP contribution < -0.4 is 9.64 Å². The largest absolute Gasteiger partial charge is 0.439 e. The Morgan fingerprint density at radius 2 is 2.00 bits per heavy atom. The summed E-state index contributed by atoms with van der Waals surface area (Å²) in [4.78, 5) is 15.5. The average molecular weight is 365 g/mol. The number of aryl methyl sites for hydroxylation is 2. The molecule has 7 nitrogen and oxygen atoms in total. The van der Waals surface area contributed by atoms with Crippen LogP contribution in [0.5, 0.6) is 11.6 Å². The van der Waals surface area contributed by atoms with E-state index in [4.69, 9.17) is 4.74 Å². The smallest absolute Gasteiger partial charge is 0.228 e. The molecule has 1 saturated heterocycles. The average Bonchev–Trinajstić information content (AvgIpc) is 3.27. The quantitative estimate of drug-likeness (QED) is 0.749. The van der Waals surface area contributed by atoms with Crippen molar-refractivity contribution in [2.75, 3.05) is 24.6 Å². The van der Waals surface area contributed by atoms with Crippen molar-refractivity contribution < 1.29 is 9.84 Å². The van der Waals surface area contributed by atoms with Crippen molar-refractivity contribution in [3.05, 3.63) is 60.3 Å². The first-order chi connectivity index (χ1) is 13.1. The van der Waals surface area contributed by atoms with Gasteiger partial charge in [0.2, 0.25) is 11.8 Å². The van der Waals surface area contributed by atoms with E-state index in [1.807, 2.05) is 61.1 Å². The minimum Gasteiger partial charge on any atom is -0.439 e. The molecule has 4 rings (SSSR count). The molecule has 1 fully saturated rings. The summed E-state index contributed by atoms with van der Waals surface area (Å²) < 4.78 is 7.90. The Kier molecular flexibility index (Phi) is 4.77. The molecule has 2 atom stereocenters. The van der Waals surface area contributed by atoms with E-state index in [2.05, 4.69) is 19.9 Å². The number of benzene rings is 1. The fourth-order valence-electron chi connectivity index (χ4n) is 3.61. The summed E-state index contributed by atoms with van der Waals surface area (Å²) in [5, 5.41) is 9.87. The van der Waals surface area contributed by atoms with Gasteiger partial charge >= 0.3 is 0 Å². The van der Waals surface area contributed by atoms with E-state index < -0.39 is 0 Å². The SMILES string of the molecule is Cc1cc(Oc2ccccc2)nc(N2C[C@@H](CO)[C@H](c3cncn3C)C2)n1. The van der Waals surface area contributed by atoms with Crippen LogP contribution in [-0.2, 0) is 7.05 Å². The summed E-state index contributed by atoms with van der Waals surface area (Å²) in [6, 6.07) is 11.4. The molecule has 0 amide bonds. The zero-order valence-electron chi connectivity index (χ0n) is 15.5. The van der Waals surface area contributed by atoms with Gasteiger partial charge < -0.3 is 19.3 Å². The summed E-state index contributed by atoms with van der Waals surface area (Å²) in [5.41, 5.74) is 1.96. The molecule has 3 heterocycles. The second-order valence-corrected chi connectivity index (χ2v) is 6.95. The molecule has 1 aliphatic rings. The highest BCUT2D eigenvalue weighted by molar-refractivity contribution is 5.39. The Labute approximate surface area is 158 Å². The minimum atomic E-state index is 0.114. The van der Waals surface area contributed by atoms with Crippen LogP contribution in [0.15, 0.2) is 48.9 Å². The lowest BCUT2D eigenvalue weighted by molar-refractivity contribution is 0.225. The molecular weight excluding hydrogens is 342 g/mol. The van der Waals surface area contributed by atoms with Gasteiger partial charge in [0.1, 0.15) is 5.75 Å². The van der Waals surface area contributed by atoms with Gasteiger partial charge in [0.25, 0.3) is 0 Å². The number of hydrogen-bond donors (Lipinski definition) is 1. The fraction of sp³-hybridized carbons (Fsp3) is 0.350. The molecule has 140 valence electrons. The molecule has 7 heteroatoms. The Hall–Kier alpha value is -2.93. The number of rotatable bonds is 5. The third-order valence-corrected chi connectivity index (χ3v) is 4.98. The minimum absolute atomic E-state index is 0.114. The fourth-order valence-corrected chi connectivity index (χ4v) is 3.61. The first kappa shape index (κ1) is 17.5. The molecule has 1 aliphatic heterocycles. The highest BCUT2D eigenvalue weighted by Crippen LogP contribution is 2.34. The standard InChI is InChI=1S/C20H23N5O2/c1-14-8-19(27-16-6-4-3-5-7-16)23-20(22-14)25-10-15(12-26)17(11-25)18-9-21-13-24(18)2/h3-9,13,15,17,26H,10-12H2,1-2H3/t15-,17+/m0/s1. The monoisotopic (exact) mass is 365 g/mol. The first-order valence-corrected chi connectivity index (χ1v) is 9.04. The van der Waals surface area contributed by atoms with Crippen LogP contribution in [0.1, 0.15) is 17.3 Å². The van der Waals surface area contributed by atoms with Crippen molar-refractivity contribution in [2.45, 2.75) is 12.8 Å². The Balaban J connectivity index is 1.59. The maximum Gasteiger partial charge on any atom is 0.228 e. The van der Waals surface area contributed by atoms with Crippen LogP contribution in [0.2, 0.25) is 0 Å². The van der Waals surface area contributed by atoms with E-state index >= 15 is 0 Å². The highest BCUT2D eigenvalue weighted by atomic mass is 16.5. The number of anilines is 1. The lowest BCUT2D eigenvalue weighted by Gasteiger charge is -2.18. The second-order valence-electron chi connectivity index (χ2n) is 6.95. The van der Waals surface area contributed by atoms with E-state index in [-0.39, 0.29) is 18.4 Å². The molecule has 3 aromatic rings. The number of imidazole rings is 1. The summed E-state index contributed by atoms with van der Waals surface area (Å²) in [6.07, 6.45) is 3.67. The highest BCUT2D eigenvalue weighted by Gasteiger charge is 2.36. The van der Waals surface area contributed by atoms with Crippen molar-refractivity contribution in [3.63, 3.8) is 0 Å². The van der Waals surface area contributed by atoms with Crippen LogP contribution in [0.4, 0.5) is 5.95 Å². The number of aliphatic hydroxyl groups excluding tert-OH is 1. The number of aromatic nitrogens is 4. The van der Waals surface area contributed by atoms with Gasteiger partial charge in [0.15, 0.2) is 0 Å². The number of para-hydroxylation sites is 1. The van der Waals surface area contributed by atoms with Crippen molar-refractivity contribution in [3.8, 4) is 11.6 Å². The molecule has 0 aliphatic carbocycles. The molecule has 0 unspecified atom stereocenters. The molecule has 2 aromatic heterocycles. The van der Waals surface area contributed by atoms with Crippen LogP contribution in [0, 0.1) is 12.8 Å². The van der Waals surface area contributed by atoms with E-state index in [1.54, 1.807) is 6.33 Å². The van der Waals surface area contributed by atoms with Gasteiger partial charge in [-0.2, -0.15) is 4.98 Å². The van der Waals surface area contributed by atoms with Crippen molar-refractivity contribution >= 4 is 5.95 Å². The van der Waals surface area contributed by atoms with Gasteiger partial charge in [-0.3, -0.25) is 0 Å². The van der Waals surface area contributed by atoms with Gasteiger partial charge in [0, 0.05) is 62.2 Å². The second kappa shape index (κ2) is 7.36. The van der Waals surface area contributed by atoms with E-state index in [0.29, 0.717) is 18.4 Å². The maximum atomic E-state index is 9.87. The summed E-state index contributed by atoms with van der Waals surface area (Å²) in [7, 11) is 1.98.